The van der Waals surface area contributed by atoms with E-state index in [1.54, 1.807) is 7.05 Å². The normalized spacial score (nSPS) is 16.7. The Kier molecular flexibility index (Phi) is 5.92. The molecule has 0 saturated heterocycles. The first kappa shape index (κ1) is 21.9. The molecule has 8 nitrogen and oxygen atoms in total. The molecule has 0 atom stereocenters. The second-order valence-corrected chi connectivity index (χ2v) is 7.82. The smallest absolute Gasteiger partial charge is 0.416 e. The summed E-state index contributed by atoms with van der Waals surface area (Å²) in [6, 6.07) is 3.28. The molecule has 0 unspecified atom stereocenters. The van der Waals surface area contributed by atoms with Gasteiger partial charge in [-0.1, -0.05) is 0 Å². The summed E-state index contributed by atoms with van der Waals surface area (Å²) in [6.07, 6.45) is -0.691. The summed E-state index contributed by atoms with van der Waals surface area (Å²) < 4.78 is 45.9. The molecule has 3 aromatic rings. The number of aromatic nitrogens is 3. The number of benzene rings is 1. The minimum Gasteiger partial charge on any atom is -0.484 e. The zero-order valence-corrected chi connectivity index (χ0v) is 17.7. The van der Waals surface area contributed by atoms with Crippen LogP contribution in [-0.4, -0.2) is 64.5 Å². The monoisotopic (exact) mass is 448 g/mol. The number of hydrogen-bond acceptors (Lipinski definition) is 6. The van der Waals surface area contributed by atoms with Gasteiger partial charge in [0, 0.05) is 38.1 Å². The third kappa shape index (κ3) is 4.77. The van der Waals surface area contributed by atoms with E-state index in [0.29, 0.717) is 29.9 Å². The molecule has 0 radical (unpaired) electrons. The highest BCUT2D eigenvalue weighted by atomic mass is 19.4. The molecule has 2 aromatic heterocycles. The highest BCUT2D eigenvalue weighted by molar-refractivity contribution is 5.92. The SMILES string of the molecule is CN1CCCN(C)C(=O)COc2cc(cc(C(F)(F)F)c2)Nc2ncnc3[nH]cc(c23)C1. The number of alkyl halides is 3. The van der Waals surface area contributed by atoms with E-state index >= 15 is 0 Å². The van der Waals surface area contributed by atoms with Crippen LogP contribution in [0.4, 0.5) is 24.7 Å². The van der Waals surface area contributed by atoms with Crippen LogP contribution in [0.3, 0.4) is 0 Å². The molecule has 170 valence electrons. The number of ether oxygens (including phenoxy) is 1. The van der Waals surface area contributed by atoms with Gasteiger partial charge in [0.2, 0.25) is 0 Å². The Morgan fingerprint density at radius 2 is 1.94 bits per heavy atom. The Bertz CT molecular complexity index is 1130. The van der Waals surface area contributed by atoms with Crippen LogP contribution in [0.5, 0.6) is 5.75 Å². The van der Waals surface area contributed by atoms with E-state index in [-0.39, 0.29) is 24.0 Å². The van der Waals surface area contributed by atoms with Crippen molar-refractivity contribution >= 4 is 28.4 Å². The van der Waals surface area contributed by atoms with Crippen molar-refractivity contribution in [3.05, 3.63) is 41.9 Å². The lowest BCUT2D eigenvalue weighted by Crippen LogP contribution is -2.33. The predicted molar refractivity (Wildman–Crippen MR) is 113 cm³/mol. The molecule has 3 heterocycles. The van der Waals surface area contributed by atoms with Gasteiger partial charge in [-0.25, -0.2) is 9.97 Å². The number of carbonyl (C=O) groups is 1. The van der Waals surface area contributed by atoms with Crippen LogP contribution in [0.1, 0.15) is 17.5 Å². The minimum atomic E-state index is -4.58. The Labute approximate surface area is 182 Å². The van der Waals surface area contributed by atoms with Crippen LogP contribution in [0.15, 0.2) is 30.7 Å². The number of hydrogen-bond donors (Lipinski definition) is 2. The second kappa shape index (κ2) is 8.65. The molecule has 32 heavy (non-hydrogen) atoms. The van der Waals surface area contributed by atoms with Gasteiger partial charge >= 0.3 is 6.18 Å². The molecule has 0 aliphatic carbocycles. The molecule has 1 amide bonds. The van der Waals surface area contributed by atoms with Crippen molar-refractivity contribution in [2.45, 2.75) is 19.1 Å². The molecule has 1 aliphatic heterocycles. The molecule has 0 spiro atoms. The molecule has 2 N–H and O–H groups in total. The molecule has 1 aromatic carbocycles. The number of anilines is 2. The predicted octanol–water partition coefficient (Wildman–Crippen LogP) is 3.39. The van der Waals surface area contributed by atoms with E-state index in [2.05, 4.69) is 25.2 Å². The van der Waals surface area contributed by atoms with Gasteiger partial charge in [0.05, 0.1) is 10.9 Å². The number of likely N-dealkylation sites (N-methyl/N-ethyl adjacent to an activating group) is 1. The van der Waals surface area contributed by atoms with E-state index in [1.807, 2.05) is 13.2 Å². The summed E-state index contributed by atoms with van der Waals surface area (Å²) in [5.74, 6) is 0.0143. The van der Waals surface area contributed by atoms with E-state index in [9.17, 15) is 18.0 Å². The van der Waals surface area contributed by atoms with Gasteiger partial charge in [0.1, 0.15) is 23.5 Å². The molecule has 1 aliphatic rings. The summed E-state index contributed by atoms with van der Waals surface area (Å²) in [7, 11) is 3.61. The highest BCUT2D eigenvalue weighted by Gasteiger charge is 2.32. The van der Waals surface area contributed by atoms with Crippen molar-refractivity contribution in [1.82, 2.24) is 24.8 Å². The van der Waals surface area contributed by atoms with E-state index in [0.717, 1.165) is 30.7 Å². The second-order valence-electron chi connectivity index (χ2n) is 7.82. The lowest BCUT2D eigenvalue weighted by molar-refractivity contribution is -0.137. The maximum absolute atomic E-state index is 13.5. The fourth-order valence-electron chi connectivity index (χ4n) is 3.63. The first-order valence-corrected chi connectivity index (χ1v) is 10.1. The quantitative estimate of drug-likeness (QED) is 0.548. The third-order valence-corrected chi connectivity index (χ3v) is 5.31. The summed E-state index contributed by atoms with van der Waals surface area (Å²) in [6.45, 7) is 1.48. The largest absolute Gasteiger partial charge is 0.484 e. The van der Waals surface area contributed by atoms with Gasteiger partial charge in [-0.05, 0) is 37.7 Å². The fourth-order valence-corrected chi connectivity index (χ4v) is 3.63. The number of nitrogens with zero attached hydrogens (tertiary/aromatic N) is 4. The number of nitrogens with one attached hydrogen (secondary N) is 2. The molecule has 4 rings (SSSR count). The summed E-state index contributed by atoms with van der Waals surface area (Å²) in [5, 5.41) is 3.68. The van der Waals surface area contributed by atoms with Crippen LogP contribution in [-0.2, 0) is 17.5 Å². The van der Waals surface area contributed by atoms with Crippen LogP contribution < -0.4 is 10.1 Å². The van der Waals surface area contributed by atoms with Crippen LogP contribution in [0.25, 0.3) is 11.0 Å². The highest BCUT2D eigenvalue weighted by Crippen LogP contribution is 2.36. The summed E-state index contributed by atoms with van der Waals surface area (Å²) in [5.41, 5.74) is 0.744. The number of amides is 1. The van der Waals surface area contributed by atoms with Crippen molar-refractivity contribution < 1.29 is 22.7 Å². The maximum atomic E-state index is 13.5. The lowest BCUT2D eigenvalue weighted by Gasteiger charge is -2.21. The van der Waals surface area contributed by atoms with Crippen LogP contribution in [0.2, 0.25) is 0 Å². The number of rotatable bonds is 0. The Morgan fingerprint density at radius 3 is 2.72 bits per heavy atom. The van der Waals surface area contributed by atoms with Gasteiger partial charge in [-0.2, -0.15) is 13.2 Å². The molecule has 11 heteroatoms. The molecule has 0 saturated carbocycles. The Morgan fingerprint density at radius 1 is 1.12 bits per heavy atom. The van der Waals surface area contributed by atoms with E-state index in [1.165, 1.54) is 17.3 Å². The van der Waals surface area contributed by atoms with Gasteiger partial charge in [0.15, 0.2) is 6.61 Å². The van der Waals surface area contributed by atoms with Crippen molar-refractivity contribution in [3.63, 3.8) is 0 Å². The van der Waals surface area contributed by atoms with Crippen molar-refractivity contribution in [3.8, 4) is 5.75 Å². The summed E-state index contributed by atoms with van der Waals surface area (Å²) in [4.78, 5) is 27.6. The van der Waals surface area contributed by atoms with Crippen molar-refractivity contribution in [1.29, 1.82) is 0 Å². The zero-order chi connectivity index (χ0) is 22.9. The van der Waals surface area contributed by atoms with Crippen molar-refractivity contribution in [2.75, 3.05) is 39.1 Å². The Hall–Kier alpha value is -3.34. The average molecular weight is 448 g/mol. The average Bonchev–Trinajstić information content (AvgIpc) is 3.14. The third-order valence-electron chi connectivity index (χ3n) is 5.31. The van der Waals surface area contributed by atoms with Gasteiger partial charge in [-0.15, -0.1) is 0 Å². The van der Waals surface area contributed by atoms with Gasteiger partial charge in [0.25, 0.3) is 5.91 Å². The topological polar surface area (TPSA) is 86.4 Å². The molecular weight excluding hydrogens is 425 g/mol. The van der Waals surface area contributed by atoms with Crippen LogP contribution >= 0.6 is 0 Å². The number of fused-ring (bicyclic) bond motifs is 2. The van der Waals surface area contributed by atoms with E-state index < -0.39 is 11.7 Å². The summed E-state index contributed by atoms with van der Waals surface area (Å²) >= 11 is 0. The molecule has 0 fully saturated rings. The first-order valence-electron chi connectivity index (χ1n) is 10.1. The lowest BCUT2D eigenvalue weighted by atomic mass is 10.1. The number of aromatic amines is 1. The number of carbonyl (C=O) groups excluding carboxylic acids is 1. The van der Waals surface area contributed by atoms with Crippen molar-refractivity contribution in [2.24, 2.45) is 0 Å². The first-order chi connectivity index (χ1) is 15.2. The van der Waals surface area contributed by atoms with Gasteiger partial charge < -0.3 is 24.8 Å². The van der Waals surface area contributed by atoms with Gasteiger partial charge in [-0.3, -0.25) is 4.79 Å². The molecular formula is C21H23F3N6O2. The number of H-pyrrole nitrogens is 1. The Balaban J connectivity index is 1.79. The standard InChI is InChI=1S/C21H23F3N6O2/c1-29-4-3-5-30(2)17(31)11-32-16-7-14(21(22,23)24)6-15(8-16)28-20-18-13(10-29)9-25-19(18)26-12-27-20/h6-9,12H,3-5,10-11H2,1-2H3,(H2,25,26,27,28). The maximum Gasteiger partial charge on any atom is 0.416 e. The molecule has 2 bridgehead atoms. The van der Waals surface area contributed by atoms with E-state index in [4.69, 9.17) is 4.74 Å². The van der Waals surface area contributed by atoms with Crippen LogP contribution in [0, 0.1) is 0 Å². The zero-order valence-electron chi connectivity index (χ0n) is 17.7. The fraction of sp³-hybridized carbons (Fsp3) is 0.381. The minimum absolute atomic E-state index is 0.0597. The number of halogens is 3.